The fraction of sp³-hybridized carbons (Fsp3) is 0.625. The van der Waals surface area contributed by atoms with Gasteiger partial charge in [-0.3, -0.25) is 0 Å². The van der Waals surface area contributed by atoms with Gasteiger partial charge in [-0.15, -0.1) is 10.2 Å². The quantitative estimate of drug-likeness (QED) is 0.304. The molecular weight excluding hydrogens is 303 g/mol. The first-order chi connectivity index (χ1) is 7.06. The van der Waals surface area contributed by atoms with E-state index in [4.69, 9.17) is 18.6 Å². The highest BCUT2D eigenvalue weighted by Gasteiger charge is 1.95. The van der Waals surface area contributed by atoms with Crippen molar-refractivity contribution in [3.63, 3.8) is 0 Å². The highest BCUT2D eigenvalue weighted by molar-refractivity contribution is 9.09. The largest absolute Gasteiger partial charge is 0.383 e. The molecule has 0 aliphatic heterocycles. The van der Waals surface area contributed by atoms with Crippen LogP contribution in [0.2, 0.25) is 0 Å². The first-order valence-electron chi connectivity index (χ1n) is 4.12. The Morgan fingerprint density at radius 1 is 1.25 bits per heavy atom. The monoisotopic (exact) mass is 318 g/mol. The van der Waals surface area contributed by atoms with E-state index in [1.54, 1.807) is 0 Å². The summed E-state index contributed by atoms with van der Waals surface area (Å²) in [4.78, 5) is 2.04. The summed E-state index contributed by atoms with van der Waals surface area (Å²) in [7, 11) is 3.14. The molecule has 0 unspecified atom stereocenters. The minimum absolute atomic E-state index is 0.892. The van der Waals surface area contributed by atoms with Crippen molar-refractivity contribution in [3.05, 3.63) is 11.8 Å². The van der Waals surface area contributed by atoms with Gasteiger partial charge in [0.1, 0.15) is 14.1 Å². The Balaban J connectivity index is 0. The third kappa shape index (κ3) is 23.6. The van der Waals surface area contributed by atoms with E-state index in [1.807, 2.05) is 37.7 Å². The molecule has 0 aliphatic carbocycles. The number of halogens is 2. The van der Waals surface area contributed by atoms with E-state index in [9.17, 15) is 0 Å². The van der Waals surface area contributed by atoms with Gasteiger partial charge in [-0.25, -0.2) is 23.2 Å². The van der Waals surface area contributed by atoms with Crippen molar-refractivity contribution in [2.75, 3.05) is 33.5 Å². The van der Waals surface area contributed by atoms with Gasteiger partial charge in [0, 0.05) is 31.2 Å². The minimum atomic E-state index is -4.94. The molecule has 0 aromatic rings. The van der Waals surface area contributed by atoms with E-state index in [0.29, 0.717) is 0 Å². The Morgan fingerprint density at radius 2 is 1.62 bits per heavy atom. The maximum atomic E-state index is 8.49. The average molecular weight is 320 g/mol. The molecule has 0 aromatic heterocycles. The van der Waals surface area contributed by atoms with Crippen LogP contribution in [-0.4, -0.2) is 49.2 Å². The van der Waals surface area contributed by atoms with Crippen LogP contribution in [0, 0.1) is 10.2 Å². The molecule has 0 fully saturated rings. The van der Waals surface area contributed by atoms with Gasteiger partial charge >= 0.3 is 0 Å². The number of allylic oxidation sites excluding steroid dienone is 1. The average Bonchev–Trinajstić information content (AvgIpc) is 1.97. The lowest BCUT2D eigenvalue weighted by atomic mass is 10.3. The van der Waals surface area contributed by atoms with E-state index in [-0.39, 0.29) is 0 Å². The zero-order chi connectivity index (χ0) is 13.4. The molecule has 0 bridgehead atoms. The second kappa shape index (κ2) is 8.91. The van der Waals surface area contributed by atoms with Crippen molar-refractivity contribution < 1.29 is 33.5 Å². The first-order valence-corrected chi connectivity index (χ1v) is 6.48. The van der Waals surface area contributed by atoms with Crippen molar-refractivity contribution in [2.45, 2.75) is 0 Å². The number of nitrogens with zero attached hydrogens (tertiary/aromatic N) is 2. The fourth-order valence-electron chi connectivity index (χ4n) is 0.766. The van der Waals surface area contributed by atoms with E-state index >= 15 is 0 Å². The van der Waals surface area contributed by atoms with Gasteiger partial charge in [0.2, 0.25) is 0 Å². The topological polar surface area (TPSA) is 98.5 Å². The molecule has 6 nitrogen and oxygen atoms in total. The van der Waals surface area contributed by atoms with Crippen LogP contribution in [0.5, 0.6) is 0 Å². The van der Waals surface area contributed by atoms with Crippen LogP contribution < -0.4 is 18.6 Å². The van der Waals surface area contributed by atoms with Crippen molar-refractivity contribution in [2.24, 2.45) is 0 Å². The van der Waals surface area contributed by atoms with E-state index in [0.717, 1.165) is 5.33 Å². The lowest BCUT2D eigenvalue weighted by Gasteiger charge is -2.17. The normalized spacial score (nSPS) is 11.4. The molecule has 0 atom stereocenters. The minimum Gasteiger partial charge on any atom is -0.383 e. The summed E-state index contributed by atoms with van der Waals surface area (Å²) in [5, 5.41) is 0.892. The fourth-order valence-corrected chi connectivity index (χ4v) is 1.06. The van der Waals surface area contributed by atoms with E-state index in [2.05, 4.69) is 28.3 Å². The van der Waals surface area contributed by atoms with Crippen LogP contribution in [0.25, 0.3) is 0 Å². The Kier molecular flexibility index (Phi) is 10.1. The smallest absolute Gasteiger partial charge is 0.168 e. The van der Waals surface area contributed by atoms with Crippen LogP contribution in [0.4, 0.5) is 0 Å². The Morgan fingerprint density at radius 3 is 1.81 bits per heavy atom. The van der Waals surface area contributed by atoms with Crippen LogP contribution in [0.1, 0.15) is 0 Å². The molecule has 96 valence electrons. The van der Waals surface area contributed by atoms with Crippen molar-refractivity contribution in [1.82, 2.24) is 4.90 Å². The molecule has 0 aromatic carbocycles. The van der Waals surface area contributed by atoms with Gasteiger partial charge in [0.25, 0.3) is 0 Å². The van der Waals surface area contributed by atoms with Crippen LogP contribution in [0.15, 0.2) is 11.8 Å². The summed E-state index contributed by atoms with van der Waals surface area (Å²) >= 11 is 3.42. The predicted octanol–water partition coefficient (Wildman–Crippen LogP) is -3.59. The Bertz CT molecular complexity index is 241. The highest BCUT2D eigenvalue weighted by atomic mass is 79.9. The molecule has 16 heavy (non-hydrogen) atoms. The molecule has 0 aliphatic rings. The summed E-state index contributed by atoms with van der Waals surface area (Å²) in [5.41, 5.74) is 1.26. The standard InChI is InChI=1S/C8H16BrN2.ClHO4/c1-10(2)6-8(5-9)7-11(3)4;2-1(3,4)5/h6-7H,5H2,1-4H3;(H,2,3,4,5)/q+1;/p-1. The SMILES string of the molecule is CN(C)/C=C(/C=[N+](C)C)CBr.[O-][Cl+3]([O-])([O-])[O-]. The molecule has 8 heteroatoms. The number of hydrogen-bond acceptors (Lipinski definition) is 5. The third-order valence-electron chi connectivity index (χ3n) is 1.00. The maximum absolute atomic E-state index is 8.49. The summed E-state index contributed by atoms with van der Waals surface area (Å²) in [6.45, 7) is 0. The van der Waals surface area contributed by atoms with Gasteiger partial charge in [-0.1, -0.05) is 15.9 Å². The van der Waals surface area contributed by atoms with Crippen molar-refractivity contribution >= 4 is 22.1 Å². The predicted molar refractivity (Wildman–Crippen MR) is 53.7 cm³/mol. The van der Waals surface area contributed by atoms with Crippen LogP contribution in [-0.2, 0) is 0 Å². The van der Waals surface area contributed by atoms with Crippen LogP contribution in [0.3, 0.4) is 0 Å². The molecule has 0 saturated heterocycles. The van der Waals surface area contributed by atoms with Gasteiger partial charge in [-0.2, -0.15) is 0 Å². The molecule has 0 saturated carbocycles. The van der Waals surface area contributed by atoms with Gasteiger partial charge < -0.3 is 4.90 Å². The summed E-state index contributed by atoms with van der Waals surface area (Å²) in [6, 6.07) is 0. The molecule has 0 spiro atoms. The zero-order valence-electron chi connectivity index (χ0n) is 9.65. The molecule has 0 radical (unpaired) electrons. The Hall–Kier alpha value is -0.180. The lowest BCUT2D eigenvalue weighted by molar-refractivity contribution is -2.00. The highest BCUT2D eigenvalue weighted by Crippen LogP contribution is 1.96. The van der Waals surface area contributed by atoms with Crippen molar-refractivity contribution in [1.29, 1.82) is 0 Å². The van der Waals surface area contributed by atoms with E-state index < -0.39 is 10.2 Å². The van der Waals surface area contributed by atoms with E-state index in [1.165, 1.54) is 5.57 Å². The number of alkyl halides is 1. The maximum Gasteiger partial charge on any atom is 0.168 e. The summed E-state index contributed by atoms with van der Waals surface area (Å²) < 4.78 is 36.0. The number of hydrogen-bond donors (Lipinski definition) is 0. The second-order valence-electron chi connectivity index (χ2n) is 3.27. The van der Waals surface area contributed by atoms with Gasteiger partial charge in [0.15, 0.2) is 6.21 Å². The van der Waals surface area contributed by atoms with Crippen LogP contribution >= 0.6 is 15.9 Å². The molecule has 0 rings (SSSR count). The third-order valence-corrected chi connectivity index (χ3v) is 1.65. The molecule has 0 amide bonds. The Labute approximate surface area is 106 Å². The number of rotatable bonds is 3. The van der Waals surface area contributed by atoms with Gasteiger partial charge in [0.05, 0.1) is 0 Å². The van der Waals surface area contributed by atoms with Crippen molar-refractivity contribution in [3.8, 4) is 0 Å². The second-order valence-corrected chi connectivity index (χ2v) is 4.59. The first kappa shape index (κ1) is 18.2. The zero-order valence-corrected chi connectivity index (χ0v) is 12.0. The summed E-state index contributed by atoms with van der Waals surface area (Å²) in [5.74, 6) is 0. The lowest BCUT2D eigenvalue weighted by Crippen LogP contribution is -2.68. The molecule has 0 N–H and O–H groups in total. The molecule has 0 heterocycles. The van der Waals surface area contributed by atoms with Gasteiger partial charge in [-0.05, 0) is 0 Å². The molecular formula is C8H16BrClN2O4. The summed E-state index contributed by atoms with van der Waals surface area (Å²) in [6.07, 6.45) is 4.18.